The number of aliphatic imine (C=N–C) groups is 1. The molecule has 1 unspecified atom stereocenters. The van der Waals surface area contributed by atoms with E-state index in [9.17, 15) is 4.79 Å². The van der Waals surface area contributed by atoms with Gasteiger partial charge in [0, 0.05) is 57.2 Å². The number of guanidine groups is 1. The second-order valence-corrected chi connectivity index (χ2v) is 9.03. The Balaban J connectivity index is 1.62. The Morgan fingerprint density at radius 2 is 2.07 bits per heavy atom. The molecule has 2 fully saturated rings. The van der Waals surface area contributed by atoms with Gasteiger partial charge in [0.15, 0.2) is 5.96 Å². The van der Waals surface area contributed by atoms with Gasteiger partial charge >= 0.3 is 0 Å². The van der Waals surface area contributed by atoms with Gasteiger partial charge in [-0.25, -0.2) is 0 Å². The Morgan fingerprint density at radius 3 is 2.74 bits per heavy atom. The standard InChI is InChI=1S/C21H32N4OS/c1-16(2)19-15-25(11-12-27-19)21(22-3)23-13-17-7-4-5-8-18(17)14-24-10-6-9-20(24)26/h4-5,7-8,16,19H,6,9-15H2,1-3H3,(H,22,23). The van der Waals surface area contributed by atoms with Crippen molar-refractivity contribution in [3.8, 4) is 0 Å². The lowest BCUT2D eigenvalue weighted by atomic mass is 10.1. The Bertz CT molecular complexity index is 676. The molecular formula is C21H32N4OS. The van der Waals surface area contributed by atoms with Crippen molar-refractivity contribution in [1.82, 2.24) is 15.1 Å². The zero-order chi connectivity index (χ0) is 19.2. The van der Waals surface area contributed by atoms with Crippen LogP contribution in [0.5, 0.6) is 0 Å². The van der Waals surface area contributed by atoms with E-state index in [1.807, 2.05) is 11.9 Å². The summed E-state index contributed by atoms with van der Waals surface area (Å²) in [6.45, 7) is 9.01. The molecule has 1 aromatic carbocycles. The number of nitrogens with zero attached hydrogens (tertiary/aromatic N) is 3. The number of carbonyl (C=O) groups excluding carboxylic acids is 1. The Labute approximate surface area is 167 Å². The molecule has 2 heterocycles. The molecule has 1 N–H and O–H groups in total. The van der Waals surface area contributed by atoms with Gasteiger partial charge in [-0.1, -0.05) is 38.1 Å². The van der Waals surface area contributed by atoms with Crippen molar-refractivity contribution >= 4 is 23.6 Å². The van der Waals surface area contributed by atoms with Crippen LogP contribution in [0, 0.1) is 5.92 Å². The van der Waals surface area contributed by atoms with E-state index in [2.05, 4.69) is 65.1 Å². The fourth-order valence-corrected chi connectivity index (χ4v) is 5.04. The van der Waals surface area contributed by atoms with Crippen molar-refractivity contribution in [3.05, 3.63) is 35.4 Å². The van der Waals surface area contributed by atoms with E-state index < -0.39 is 0 Å². The van der Waals surface area contributed by atoms with E-state index in [0.717, 1.165) is 44.3 Å². The van der Waals surface area contributed by atoms with Gasteiger partial charge in [-0.15, -0.1) is 0 Å². The molecule has 1 aromatic rings. The maximum absolute atomic E-state index is 12.0. The zero-order valence-corrected chi connectivity index (χ0v) is 17.6. The number of likely N-dealkylation sites (tertiary alicyclic amines) is 1. The molecule has 5 nitrogen and oxygen atoms in total. The van der Waals surface area contributed by atoms with Crippen molar-refractivity contribution in [1.29, 1.82) is 0 Å². The molecule has 0 saturated carbocycles. The Morgan fingerprint density at radius 1 is 1.30 bits per heavy atom. The summed E-state index contributed by atoms with van der Waals surface area (Å²) in [5.74, 6) is 3.08. The Kier molecular flexibility index (Phi) is 7.05. The van der Waals surface area contributed by atoms with Crippen LogP contribution in [0.15, 0.2) is 29.3 Å². The van der Waals surface area contributed by atoms with Gasteiger partial charge in [-0.3, -0.25) is 9.79 Å². The van der Waals surface area contributed by atoms with Gasteiger partial charge in [0.05, 0.1) is 0 Å². The molecule has 1 atom stereocenters. The number of rotatable bonds is 5. The summed E-state index contributed by atoms with van der Waals surface area (Å²) in [6, 6.07) is 8.42. The fourth-order valence-electron chi connectivity index (χ4n) is 3.74. The van der Waals surface area contributed by atoms with Crippen LogP contribution in [0.25, 0.3) is 0 Å². The molecule has 0 spiro atoms. The molecule has 2 saturated heterocycles. The molecule has 148 valence electrons. The molecule has 1 amide bonds. The third kappa shape index (κ3) is 5.18. The van der Waals surface area contributed by atoms with Crippen molar-refractivity contribution in [2.45, 2.75) is 45.0 Å². The number of hydrogen-bond donors (Lipinski definition) is 1. The molecule has 0 radical (unpaired) electrons. The maximum Gasteiger partial charge on any atom is 0.222 e. The molecule has 6 heteroatoms. The number of thioether (sulfide) groups is 1. The predicted octanol–water partition coefficient (Wildman–Crippen LogP) is 2.96. The predicted molar refractivity (Wildman–Crippen MR) is 114 cm³/mol. The summed E-state index contributed by atoms with van der Waals surface area (Å²) in [5, 5.41) is 4.21. The summed E-state index contributed by atoms with van der Waals surface area (Å²) in [4.78, 5) is 20.9. The maximum atomic E-state index is 12.0. The van der Waals surface area contributed by atoms with Crippen LogP contribution in [0.4, 0.5) is 0 Å². The van der Waals surface area contributed by atoms with Gasteiger partial charge < -0.3 is 15.1 Å². The van der Waals surface area contributed by atoms with Crippen molar-refractivity contribution in [3.63, 3.8) is 0 Å². The van der Waals surface area contributed by atoms with Crippen LogP contribution in [0.3, 0.4) is 0 Å². The van der Waals surface area contributed by atoms with Gasteiger partial charge in [-0.05, 0) is 23.5 Å². The van der Waals surface area contributed by atoms with Crippen molar-refractivity contribution in [2.75, 3.05) is 32.4 Å². The summed E-state index contributed by atoms with van der Waals surface area (Å²) in [5.41, 5.74) is 2.47. The minimum Gasteiger partial charge on any atom is -0.352 e. The topological polar surface area (TPSA) is 47.9 Å². The summed E-state index contributed by atoms with van der Waals surface area (Å²) < 4.78 is 0. The molecule has 27 heavy (non-hydrogen) atoms. The normalized spacial score (nSPS) is 21.3. The molecule has 0 aliphatic carbocycles. The first kappa shape index (κ1) is 20.1. The number of nitrogens with one attached hydrogen (secondary N) is 1. The minimum atomic E-state index is 0.277. The molecule has 3 rings (SSSR count). The van der Waals surface area contributed by atoms with E-state index in [1.54, 1.807) is 0 Å². The van der Waals surface area contributed by atoms with E-state index >= 15 is 0 Å². The lowest BCUT2D eigenvalue weighted by Crippen LogP contribution is -2.48. The third-order valence-corrected chi connectivity index (χ3v) is 6.98. The first-order chi connectivity index (χ1) is 13.1. The van der Waals surface area contributed by atoms with E-state index in [4.69, 9.17) is 0 Å². The first-order valence-corrected chi connectivity index (χ1v) is 11.0. The van der Waals surface area contributed by atoms with Crippen LogP contribution in [0.1, 0.15) is 37.8 Å². The monoisotopic (exact) mass is 388 g/mol. The average molecular weight is 389 g/mol. The molecule has 2 aliphatic rings. The van der Waals surface area contributed by atoms with Gasteiger partial charge in [-0.2, -0.15) is 11.8 Å². The zero-order valence-electron chi connectivity index (χ0n) is 16.8. The van der Waals surface area contributed by atoms with Crippen molar-refractivity contribution in [2.24, 2.45) is 10.9 Å². The second kappa shape index (κ2) is 9.49. The summed E-state index contributed by atoms with van der Waals surface area (Å²) in [6.07, 6.45) is 1.67. The van der Waals surface area contributed by atoms with Crippen LogP contribution < -0.4 is 5.32 Å². The molecule has 0 bridgehead atoms. The highest BCUT2D eigenvalue weighted by molar-refractivity contribution is 8.00. The Hall–Kier alpha value is -1.69. The minimum absolute atomic E-state index is 0.277. The van der Waals surface area contributed by atoms with E-state index in [1.165, 1.54) is 11.1 Å². The summed E-state index contributed by atoms with van der Waals surface area (Å²) >= 11 is 2.08. The van der Waals surface area contributed by atoms with Crippen LogP contribution >= 0.6 is 11.8 Å². The van der Waals surface area contributed by atoms with Crippen molar-refractivity contribution < 1.29 is 4.79 Å². The van der Waals surface area contributed by atoms with Crippen LogP contribution in [0.2, 0.25) is 0 Å². The van der Waals surface area contributed by atoms with E-state index in [-0.39, 0.29) is 5.91 Å². The number of benzene rings is 1. The molecule has 0 aromatic heterocycles. The van der Waals surface area contributed by atoms with E-state index in [0.29, 0.717) is 24.1 Å². The highest BCUT2D eigenvalue weighted by Crippen LogP contribution is 2.25. The first-order valence-electron chi connectivity index (χ1n) is 10.00. The summed E-state index contributed by atoms with van der Waals surface area (Å²) in [7, 11) is 1.86. The largest absolute Gasteiger partial charge is 0.352 e. The highest BCUT2D eigenvalue weighted by atomic mass is 32.2. The van der Waals surface area contributed by atoms with Crippen LogP contribution in [-0.4, -0.2) is 59.4 Å². The SMILES string of the molecule is CN=C(NCc1ccccc1CN1CCCC1=O)N1CCSC(C(C)C)C1. The smallest absolute Gasteiger partial charge is 0.222 e. The van der Waals surface area contributed by atoms with Gasteiger partial charge in [0.1, 0.15) is 0 Å². The average Bonchev–Trinajstić information content (AvgIpc) is 3.08. The second-order valence-electron chi connectivity index (χ2n) is 7.69. The molecule has 2 aliphatic heterocycles. The quantitative estimate of drug-likeness (QED) is 0.622. The number of hydrogen-bond acceptors (Lipinski definition) is 3. The fraction of sp³-hybridized carbons (Fsp3) is 0.619. The number of carbonyl (C=O) groups is 1. The molecular weight excluding hydrogens is 356 g/mol. The number of amides is 1. The third-order valence-electron chi connectivity index (χ3n) is 5.44. The highest BCUT2D eigenvalue weighted by Gasteiger charge is 2.25. The van der Waals surface area contributed by atoms with Crippen LogP contribution in [-0.2, 0) is 17.9 Å². The lowest BCUT2D eigenvalue weighted by molar-refractivity contribution is -0.128. The van der Waals surface area contributed by atoms with Gasteiger partial charge in [0.25, 0.3) is 0 Å². The van der Waals surface area contributed by atoms with Gasteiger partial charge in [0.2, 0.25) is 5.91 Å². The lowest BCUT2D eigenvalue weighted by Gasteiger charge is -2.36.